The van der Waals surface area contributed by atoms with Crippen LogP contribution in [0.25, 0.3) is 0 Å². The Bertz CT molecular complexity index is 577. The van der Waals surface area contributed by atoms with Crippen molar-refractivity contribution in [1.29, 1.82) is 0 Å². The Hall–Kier alpha value is -1.27. The number of thiophene rings is 1. The van der Waals surface area contributed by atoms with Crippen molar-refractivity contribution in [1.82, 2.24) is 5.32 Å². The number of Topliss-reactive ketones (excluding diaryl/α,β-unsaturated/α-hetero) is 1. The molecule has 1 amide bonds. The molecule has 0 saturated carbocycles. The van der Waals surface area contributed by atoms with Crippen molar-refractivity contribution in [2.24, 2.45) is 4.99 Å². The fourth-order valence-corrected chi connectivity index (χ4v) is 3.86. The Morgan fingerprint density at radius 2 is 2.33 bits per heavy atom. The molecule has 0 radical (unpaired) electrons. The van der Waals surface area contributed by atoms with Crippen molar-refractivity contribution in [2.75, 3.05) is 0 Å². The van der Waals surface area contributed by atoms with E-state index in [4.69, 9.17) is 0 Å². The summed E-state index contributed by atoms with van der Waals surface area (Å²) in [5.74, 6) is -0.282. The predicted molar refractivity (Wildman–Crippen MR) is 89.0 cm³/mol. The highest BCUT2D eigenvalue weighted by Crippen LogP contribution is 2.35. The van der Waals surface area contributed by atoms with Gasteiger partial charge < -0.3 is 5.32 Å². The topological polar surface area (TPSA) is 58.5 Å². The quantitative estimate of drug-likeness (QED) is 0.655. The van der Waals surface area contributed by atoms with Crippen LogP contribution in [0, 0.1) is 0 Å². The second-order valence-electron chi connectivity index (χ2n) is 5.05. The van der Waals surface area contributed by atoms with Crippen LogP contribution in [0.5, 0.6) is 0 Å². The summed E-state index contributed by atoms with van der Waals surface area (Å²) in [4.78, 5) is 28.4. The number of aliphatic imine (C=N–C) groups is 1. The molecule has 1 aliphatic heterocycles. The summed E-state index contributed by atoms with van der Waals surface area (Å²) >= 11 is 4.94. The van der Waals surface area contributed by atoms with Gasteiger partial charge in [0.25, 0.3) is 0 Å². The van der Waals surface area contributed by atoms with E-state index in [1.165, 1.54) is 0 Å². The number of hydrogen-bond acceptors (Lipinski definition) is 4. The van der Waals surface area contributed by atoms with Gasteiger partial charge in [0.1, 0.15) is 10.4 Å². The Morgan fingerprint density at radius 1 is 1.57 bits per heavy atom. The molecule has 1 aromatic heterocycles. The van der Waals surface area contributed by atoms with Crippen LogP contribution >= 0.6 is 27.3 Å². The molecular formula is C15H17BrN2O2S. The first-order valence-electron chi connectivity index (χ1n) is 6.69. The first-order valence-corrected chi connectivity index (χ1v) is 8.43. The predicted octanol–water partition coefficient (Wildman–Crippen LogP) is 3.18. The molecule has 0 aromatic carbocycles. The first kappa shape index (κ1) is 16.1. The maximum absolute atomic E-state index is 12.0. The van der Waals surface area contributed by atoms with Crippen molar-refractivity contribution in [3.63, 3.8) is 0 Å². The number of amides is 1. The summed E-state index contributed by atoms with van der Waals surface area (Å²) in [6.07, 6.45) is 3.95. The average Bonchev–Trinajstić information content (AvgIpc) is 2.91. The molecule has 1 aromatic rings. The van der Waals surface area contributed by atoms with Crippen LogP contribution < -0.4 is 5.32 Å². The maximum Gasteiger partial charge on any atom is 0.228 e. The zero-order valence-corrected chi connectivity index (χ0v) is 14.3. The van der Waals surface area contributed by atoms with E-state index in [0.29, 0.717) is 4.62 Å². The van der Waals surface area contributed by atoms with Crippen LogP contribution in [0.15, 0.2) is 34.0 Å². The maximum atomic E-state index is 12.0. The molecule has 1 saturated heterocycles. The van der Waals surface area contributed by atoms with Crippen LogP contribution in [0.3, 0.4) is 0 Å². The standard InChI is InChI=1S/C15H17BrN2O2S/c1-3-4-13(16)17-10(2)15(11-5-6-21-9-11)8-12(19)7-14(20)18-15/h3-6,9-10H,7-8H2,1-2H3,(H,18,20)/b4-3-,17-13?. The minimum atomic E-state index is -0.757. The van der Waals surface area contributed by atoms with Crippen LogP contribution in [-0.2, 0) is 15.1 Å². The third kappa shape index (κ3) is 3.49. The Morgan fingerprint density at radius 3 is 2.90 bits per heavy atom. The number of nitrogens with zero attached hydrogens (tertiary/aromatic N) is 1. The molecule has 1 aliphatic rings. The fourth-order valence-electron chi connectivity index (χ4n) is 2.55. The fraction of sp³-hybridized carbons (Fsp3) is 0.400. The summed E-state index contributed by atoms with van der Waals surface area (Å²) in [5, 5.41) is 6.92. The Labute approximate surface area is 136 Å². The highest BCUT2D eigenvalue weighted by molar-refractivity contribution is 9.18. The van der Waals surface area contributed by atoms with Crippen LogP contribution in [-0.4, -0.2) is 22.4 Å². The highest BCUT2D eigenvalue weighted by atomic mass is 79.9. The molecule has 21 heavy (non-hydrogen) atoms. The molecule has 2 unspecified atom stereocenters. The van der Waals surface area contributed by atoms with E-state index in [9.17, 15) is 9.59 Å². The molecule has 2 heterocycles. The molecule has 1 N–H and O–H groups in total. The third-order valence-electron chi connectivity index (χ3n) is 3.57. The monoisotopic (exact) mass is 368 g/mol. The molecule has 112 valence electrons. The average molecular weight is 369 g/mol. The molecule has 1 fully saturated rings. The minimum Gasteiger partial charge on any atom is -0.344 e. The van der Waals surface area contributed by atoms with Gasteiger partial charge in [0.2, 0.25) is 5.91 Å². The Kier molecular flexibility index (Phi) is 5.11. The van der Waals surface area contributed by atoms with Gasteiger partial charge in [-0.05, 0) is 58.2 Å². The van der Waals surface area contributed by atoms with Gasteiger partial charge >= 0.3 is 0 Å². The number of allylic oxidation sites excluding steroid dienone is 2. The second-order valence-corrected chi connectivity index (χ2v) is 6.64. The van der Waals surface area contributed by atoms with Crippen LogP contribution in [0.2, 0.25) is 0 Å². The van der Waals surface area contributed by atoms with E-state index in [1.807, 2.05) is 42.8 Å². The van der Waals surface area contributed by atoms with Gasteiger partial charge in [0, 0.05) is 6.42 Å². The molecule has 6 heteroatoms. The zero-order chi connectivity index (χ0) is 15.5. The summed E-state index contributed by atoms with van der Waals surface area (Å²) in [6, 6.07) is 1.69. The molecule has 2 rings (SSSR count). The summed E-state index contributed by atoms with van der Waals surface area (Å²) in [7, 11) is 0. The lowest BCUT2D eigenvalue weighted by molar-refractivity contribution is -0.135. The van der Waals surface area contributed by atoms with Gasteiger partial charge in [-0.3, -0.25) is 14.6 Å². The van der Waals surface area contributed by atoms with E-state index in [-0.39, 0.29) is 30.6 Å². The number of ketones is 1. The van der Waals surface area contributed by atoms with Crippen LogP contribution in [0.1, 0.15) is 32.3 Å². The van der Waals surface area contributed by atoms with Crippen molar-refractivity contribution in [3.05, 3.63) is 34.5 Å². The molecule has 0 aliphatic carbocycles. The van der Waals surface area contributed by atoms with E-state index in [0.717, 1.165) is 5.56 Å². The van der Waals surface area contributed by atoms with E-state index >= 15 is 0 Å². The van der Waals surface area contributed by atoms with E-state index < -0.39 is 5.54 Å². The number of halogens is 1. The summed E-state index contributed by atoms with van der Waals surface area (Å²) < 4.78 is 0.694. The third-order valence-corrected chi connectivity index (χ3v) is 4.72. The van der Waals surface area contributed by atoms with Gasteiger partial charge in [0.15, 0.2) is 0 Å². The molecule has 2 atom stereocenters. The lowest BCUT2D eigenvalue weighted by atomic mass is 9.77. The van der Waals surface area contributed by atoms with Gasteiger partial charge in [-0.15, -0.1) is 0 Å². The summed E-state index contributed by atoms with van der Waals surface area (Å²) in [5.41, 5.74) is 0.179. The highest BCUT2D eigenvalue weighted by Gasteiger charge is 2.45. The lowest BCUT2D eigenvalue weighted by Crippen LogP contribution is -2.57. The second kappa shape index (κ2) is 6.66. The number of carbonyl (C=O) groups is 2. The molecular weight excluding hydrogens is 352 g/mol. The smallest absolute Gasteiger partial charge is 0.228 e. The van der Waals surface area contributed by atoms with Crippen molar-refractivity contribution in [2.45, 2.75) is 38.3 Å². The van der Waals surface area contributed by atoms with Crippen LogP contribution in [0.4, 0.5) is 0 Å². The first-order chi connectivity index (χ1) is 9.98. The SMILES string of the molecule is C/C=C\C(Br)=NC(C)C1(c2ccsc2)CC(=O)CC(=O)N1. The lowest BCUT2D eigenvalue weighted by Gasteiger charge is -2.40. The van der Waals surface area contributed by atoms with Crippen molar-refractivity contribution < 1.29 is 9.59 Å². The number of piperidine rings is 1. The minimum absolute atomic E-state index is 0.0433. The normalized spacial score (nSPS) is 25.2. The number of rotatable bonds is 4. The molecule has 0 bridgehead atoms. The van der Waals surface area contributed by atoms with Crippen molar-refractivity contribution in [3.8, 4) is 0 Å². The van der Waals surface area contributed by atoms with E-state index in [1.54, 1.807) is 11.3 Å². The number of nitrogens with one attached hydrogen (secondary N) is 1. The zero-order valence-electron chi connectivity index (χ0n) is 11.9. The number of carbonyl (C=O) groups excluding carboxylic acids is 2. The number of hydrogen-bond donors (Lipinski definition) is 1. The van der Waals surface area contributed by atoms with E-state index in [2.05, 4.69) is 26.2 Å². The van der Waals surface area contributed by atoms with Gasteiger partial charge in [0.05, 0.1) is 18.0 Å². The van der Waals surface area contributed by atoms with Gasteiger partial charge in [-0.2, -0.15) is 11.3 Å². The Balaban J connectivity index is 2.44. The van der Waals surface area contributed by atoms with Gasteiger partial charge in [-0.1, -0.05) is 6.08 Å². The molecule has 0 spiro atoms. The van der Waals surface area contributed by atoms with Gasteiger partial charge in [-0.25, -0.2) is 0 Å². The van der Waals surface area contributed by atoms with Crippen molar-refractivity contribution >= 4 is 43.6 Å². The molecule has 4 nitrogen and oxygen atoms in total. The largest absolute Gasteiger partial charge is 0.344 e. The summed E-state index contributed by atoms with van der Waals surface area (Å²) in [6.45, 7) is 3.82.